The van der Waals surface area contributed by atoms with Gasteiger partial charge in [0.25, 0.3) is 0 Å². The minimum Gasteiger partial charge on any atom is -0.378 e. The third-order valence-electron chi connectivity index (χ3n) is 4.75. The van der Waals surface area contributed by atoms with Gasteiger partial charge >= 0.3 is 0 Å². The second-order valence-electron chi connectivity index (χ2n) is 6.45. The van der Waals surface area contributed by atoms with Gasteiger partial charge in [0.2, 0.25) is 5.12 Å². The van der Waals surface area contributed by atoms with Crippen molar-refractivity contribution in [1.82, 2.24) is 4.90 Å². The summed E-state index contributed by atoms with van der Waals surface area (Å²) in [5.74, 6) is -0.202. The number of aryl methyl sites for hydroxylation is 1. The second kappa shape index (κ2) is 7.06. The number of carbonyl (C=O) groups is 1. The topological polar surface area (TPSA) is 29.5 Å². The van der Waals surface area contributed by atoms with Crippen LogP contribution in [0.3, 0.4) is 0 Å². The molecule has 25 heavy (non-hydrogen) atoms. The summed E-state index contributed by atoms with van der Waals surface area (Å²) in [6.45, 7) is 5.20. The van der Waals surface area contributed by atoms with Gasteiger partial charge in [-0.05, 0) is 29.8 Å². The number of rotatable bonds is 3. The van der Waals surface area contributed by atoms with Crippen LogP contribution < -0.4 is 0 Å². The molecule has 1 atom stereocenters. The minimum atomic E-state index is -0.202. The number of benzene rings is 2. The fourth-order valence-electron chi connectivity index (χ4n) is 3.42. The standard InChI is InChI=1S/C21H21NO2S/c1-15-7-9-17(10-8-15)18-19(16-5-3-2-4-6-16)21(23)25-20(18)22-11-13-24-14-12-22/h2-10,19H,11-14H2,1H3. The first kappa shape index (κ1) is 16.4. The molecule has 2 aliphatic heterocycles. The highest BCUT2D eigenvalue weighted by molar-refractivity contribution is 8.17. The lowest BCUT2D eigenvalue weighted by Crippen LogP contribution is -2.34. The van der Waals surface area contributed by atoms with Crippen molar-refractivity contribution in [2.45, 2.75) is 12.8 Å². The maximum absolute atomic E-state index is 12.9. The Morgan fingerprint density at radius 2 is 1.68 bits per heavy atom. The molecule has 1 unspecified atom stereocenters. The van der Waals surface area contributed by atoms with E-state index in [2.05, 4.69) is 48.2 Å². The molecule has 0 saturated carbocycles. The highest BCUT2D eigenvalue weighted by atomic mass is 32.2. The average molecular weight is 351 g/mol. The SMILES string of the molecule is Cc1ccc(C2=C(N3CCOCC3)SC(=O)C2c2ccccc2)cc1. The predicted octanol–water partition coefficient (Wildman–Crippen LogP) is 4.05. The second-order valence-corrected chi connectivity index (χ2v) is 7.44. The van der Waals surface area contributed by atoms with Crippen LogP contribution >= 0.6 is 11.8 Å². The van der Waals surface area contributed by atoms with Gasteiger partial charge in [-0.2, -0.15) is 0 Å². The molecule has 1 fully saturated rings. The number of allylic oxidation sites excluding steroid dienone is 1. The van der Waals surface area contributed by atoms with E-state index in [0.717, 1.165) is 48.0 Å². The molecule has 4 rings (SSSR count). The molecule has 128 valence electrons. The summed E-state index contributed by atoms with van der Waals surface area (Å²) in [6, 6.07) is 18.6. The van der Waals surface area contributed by atoms with Crippen LogP contribution in [0.1, 0.15) is 22.6 Å². The molecule has 2 aromatic carbocycles. The van der Waals surface area contributed by atoms with Gasteiger partial charge in [0, 0.05) is 18.7 Å². The number of morpholine rings is 1. The van der Waals surface area contributed by atoms with Crippen molar-refractivity contribution in [2.75, 3.05) is 26.3 Å². The fraction of sp³-hybridized carbons (Fsp3) is 0.286. The van der Waals surface area contributed by atoms with E-state index in [1.165, 1.54) is 17.3 Å². The van der Waals surface area contributed by atoms with Crippen molar-refractivity contribution in [2.24, 2.45) is 0 Å². The Labute approximate surface area is 152 Å². The van der Waals surface area contributed by atoms with Crippen molar-refractivity contribution in [3.05, 3.63) is 76.3 Å². The van der Waals surface area contributed by atoms with Crippen LogP contribution in [0.25, 0.3) is 5.57 Å². The zero-order valence-corrected chi connectivity index (χ0v) is 15.1. The van der Waals surface area contributed by atoms with E-state index < -0.39 is 0 Å². The molecule has 0 spiro atoms. The van der Waals surface area contributed by atoms with E-state index in [0.29, 0.717) is 0 Å². The molecule has 0 radical (unpaired) electrons. The predicted molar refractivity (Wildman–Crippen MR) is 102 cm³/mol. The summed E-state index contributed by atoms with van der Waals surface area (Å²) in [5, 5.41) is 1.31. The molecule has 2 heterocycles. The first-order valence-corrected chi connectivity index (χ1v) is 9.46. The summed E-state index contributed by atoms with van der Waals surface area (Å²) >= 11 is 1.39. The van der Waals surface area contributed by atoms with Gasteiger partial charge in [0.15, 0.2) is 0 Å². The molecule has 2 aliphatic rings. The summed E-state index contributed by atoms with van der Waals surface area (Å²) in [5.41, 5.74) is 4.58. The minimum absolute atomic E-state index is 0.202. The first-order valence-electron chi connectivity index (χ1n) is 8.64. The van der Waals surface area contributed by atoms with Crippen LogP contribution in [0.5, 0.6) is 0 Å². The summed E-state index contributed by atoms with van der Waals surface area (Å²) < 4.78 is 5.50. The van der Waals surface area contributed by atoms with Crippen molar-refractivity contribution in [3.63, 3.8) is 0 Å². The molecule has 0 bridgehead atoms. The Morgan fingerprint density at radius 3 is 2.36 bits per heavy atom. The monoisotopic (exact) mass is 351 g/mol. The van der Waals surface area contributed by atoms with Crippen LogP contribution in [-0.4, -0.2) is 36.3 Å². The number of ether oxygens (including phenoxy) is 1. The summed E-state index contributed by atoms with van der Waals surface area (Å²) in [4.78, 5) is 15.3. The largest absolute Gasteiger partial charge is 0.378 e. The molecule has 3 nitrogen and oxygen atoms in total. The van der Waals surface area contributed by atoms with Crippen molar-refractivity contribution >= 4 is 22.5 Å². The maximum Gasteiger partial charge on any atom is 0.207 e. The lowest BCUT2D eigenvalue weighted by molar-refractivity contribution is -0.111. The third kappa shape index (κ3) is 3.24. The highest BCUT2D eigenvalue weighted by Crippen LogP contribution is 2.49. The van der Waals surface area contributed by atoms with E-state index in [-0.39, 0.29) is 11.0 Å². The molecule has 0 aromatic heterocycles. The van der Waals surface area contributed by atoms with Gasteiger partial charge < -0.3 is 9.64 Å². The zero-order chi connectivity index (χ0) is 17.2. The summed E-state index contributed by atoms with van der Waals surface area (Å²) in [6.07, 6.45) is 0. The smallest absolute Gasteiger partial charge is 0.207 e. The van der Waals surface area contributed by atoms with E-state index in [9.17, 15) is 4.79 Å². The molecular weight excluding hydrogens is 330 g/mol. The zero-order valence-electron chi connectivity index (χ0n) is 14.3. The maximum atomic E-state index is 12.9. The number of thioether (sulfide) groups is 1. The lowest BCUT2D eigenvalue weighted by atomic mass is 9.88. The van der Waals surface area contributed by atoms with E-state index >= 15 is 0 Å². The Hall–Kier alpha value is -2.04. The molecule has 1 saturated heterocycles. The molecule has 0 N–H and O–H groups in total. The number of nitrogens with zero attached hydrogens (tertiary/aromatic N) is 1. The third-order valence-corrected chi connectivity index (χ3v) is 5.85. The molecular formula is C21H21NO2S. The fourth-order valence-corrected chi connectivity index (χ4v) is 4.64. The van der Waals surface area contributed by atoms with Crippen molar-refractivity contribution in [1.29, 1.82) is 0 Å². The summed E-state index contributed by atoms with van der Waals surface area (Å²) in [7, 11) is 0. The number of hydrogen-bond acceptors (Lipinski definition) is 4. The van der Waals surface area contributed by atoms with Crippen LogP contribution in [-0.2, 0) is 9.53 Å². The van der Waals surface area contributed by atoms with Crippen molar-refractivity contribution in [3.8, 4) is 0 Å². The van der Waals surface area contributed by atoms with Gasteiger partial charge in [-0.25, -0.2) is 0 Å². The Balaban J connectivity index is 1.83. The molecule has 4 heteroatoms. The van der Waals surface area contributed by atoms with Crippen LogP contribution in [0.15, 0.2) is 59.6 Å². The molecule has 0 aliphatic carbocycles. The van der Waals surface area contributed by atoms with E-state index in [4.69, 9.17) is 4.74 Å². The normalized spacial score (nSPS) is 21.1. The van der Waals surface area contributed by atoms with E-state index in [1.54, 1.807) is 0 Å². The van der Waals surface area contributed by atoms with Gasteiger partial charge in [-0.15, -0.1) is 0 Å². The Bertz CT molecular complexity index is 792. The number of hydrogen-bond donors (Lipinski definition) is 0. The quantitative estimate of drug-likeness (QED) is 0.834. The highest BCUT2D eigenvalue weighted by Gasteiger charge is 2.38. The van der Waals surface area contributed by atoms with Crippen LogP contribution in [0.2, 0.25) is 0 Å². The number of carbonyl (C=O) groups excluding carboxylic acids is 1. The van der Waals surface area contributed by atoms with Crippen LogP contribution in [0, 0.1) is 6.92 Å². The Morgan fingerprint density at radius 1 is 1.00 bits per heavy atom. The molecule has 0 amide bonds. The van der Waals surface area contributed by atoms with Gasteiger partial charge in [0.1, 0.15) is 0 Å². The Kier molecular flexibility index (Phi) is 4.64. The van der Waals surface area contributed by atoms with Crippen molar-refractivity contribution < 1.29 is 9.53 Å². The lowest BCUT2D eigenvalue weighted by Gasteiger charge is -2.30. The van der Waals surface area contributed by atoms with Gasteiger partial charge in [-0.3, -0.25) is 4.79 Å². The van der Waals surface area contributed by atoms with Gasteiger partial charge in [0.05, 0.1) is 24.2 Å². The first-order chi connectivity index (χ1) is 12.2. The van der Waals surface area contributed by atoms with Crippen LogP contribution in [0.4, 0.5) is 0 Å². The van der Waals surface area contributed by atoms with Gasteiger partial charge in [-0.1, -0.05) is 60.2 Å². The molecule has 2 aromatic rings. The van der Waals surface area contributed by atoms with E-state index in [1.807, 2.05) is 18.2 Å². The average Bonchev–Trinajstić information content (AvgIpc) is 3.01.